The number of aromatic nitrogens is 2. The second-order valence-corrected chi connectivity index (χ2v) is 8.32. The Morgan fingerprint density at radius 1 is 0.964 bits per heavy atom. The molecule has 1 heterocycles. The number of carbonyl (C=O) groups is 1. The average Bonchev–Trinajstić information content (AvgIpc) is 3.16. The van der Waals surface area contributed by atoms with Gasteiger partial charge in [0.1, 0.15) is 6.29 Å². The number of aryl methyl sites for hydroxylation is 1. The number of para-hydroxylation sites is 2. The number of carbonyl (C=O) groups excluding carboxylic acids is 1. The number of aromatic amines is 1. The fourth-order valence-corrected chi connectivity index (χ4v) is 4.83. The fraction of sp³-hybridized carbons (Fsp3) is 0.130. The third kappa shape index (κ3) is 3.59. The van der Waals surface area contributed by atoms with Gasteiger partial charge in [0, 0.05) is 0 Å². The van der Waals surface area contributed by atoms with E-state index in [1.54, 1.807) is 0 Å². The summed E-state index contributed by atoms with van der Waals surface area (Å²) in [7, 11) is 0. The second kappa shape index (κ2) is 8.00. The van der Waals surface area contributed by atoms with Crippen molar-refractivity contribution in [3.05, 3.63) is 95.8 Å². The number of fused-ring (bicyclic) bond motifs is 1. The highest BCUT2D eigenvalue weighted by molar-refractivity contribution is 7.91. The predicted molar refractivity (Wildman–Crippen MR) is 112 cm³/mol. The summed E-state index contributed by atoms with van der Waals surface area (Å²) >= 11 is -1.46. The molecule has 0 amide bonds. The molecule has 0 saturated heterocycles. The zero-order chi connectivity index (χ0) is 19.5. The lowest BCUT2D eigenvalue weighted by Crippen LogP contribution is -2.23. The molecule has 4 rings (SSSR count). The van der Waals surface area contributed by atoms with E-state index in [0.29, 0.717) is 10.7 Å². The van der Waals surface area contributed by atoms with Crippen LogP contribution in [0.25, 0.3) is 11.0 Å². The summed E-state index contributed by atoms with van der Waals surface area (Å²) in [6.07, 6.45) is 0.874. The minimum atomic E-state index is -1.46. The summed E-state index contributed by atoms with van der Waals surface area (Å²) in [6, 6.07) is 24.7. The first-order valence-corrected chi connectivity index (χ1v) is 10.3. The highest BCUT2D eigenvalue weighted by Gasteiger charge is 2.38. The van der Waals surface area contributed by atoms with Gasteiger partial charge < -0.3 is 14.3 Å². The van der Waals surface area contributed by atoms with Crippen LogP contribution in [0, 0.1) is 6.92 Å². The largest absolute Gasteiger partial charge is 0.611 e. The number of nitrogens with one attached hydrogen (secondary N) is 1. The Balaban J connectivity index is 1.84. The van der Waals surface area contributed by atoms with Gasteiger partial charge in [-0.3, -0.25) is 0 Å². The van der Waals surface area contributed by atoms with E-state index in [9.17, 15) is 9.35 Å². The normalized spacial score (nSPS) is 14.5. The number of H-pyrrole nitrogens is 1. The number of rotatable bonds is 6. The van der Waals surface area contributed by atoms with Crippen LogP contribution in [-0.2, 0) is 16.0 Å². The van der Waals surface area contributed by atoms with Crippen LogP contribution in [0.15, 0.2) is 83.8 Å². The molecule has 3 unspecified atom stereocenters. The Morgan fingerprint density at radius 3 is 2.32 bits per heavy atom. The number of hydrogen-bond donors (Lipinski definition) is 1. The predicted octanol–water partition coefficient (Wildman–Crippen LogP) is 4.70. The van der Waals surface area contributed by atoms with Crippen molar-refractivity contribution in [2.75, 3.05) is 0 Å². The van der Waals surface area contributed by atoms with Crippen molar-refractivity contribution in [3.8, 4) is 0 Å². The van der Waals surface area contributed by atoms with E-state index in [-0.39, 0.29) is 0 Å². The molecule has 0 saturated carbocycles. The molecule has 0 aliphatic rings. The van der Waals surface area contributed by atoms with Gasteiger partial charge in [-0.15, -0.1) is 0 Å². The van der Waals surface area contributed by atoms with E-state index in [0.717, 1.165) is 28.4 Å². The average molecular weight is 388 g/mol. The molecular weight excluding hydrogens is 368 g/mol. The Kier molecular flexibility index (Phi) is 5.28. The van der Waals surface area contributed by atoms with Gasteiger partial charge in [0.05, 0.1) is 17.0 Å². The lowest BCUT2D eigenvalue weighted by atomic mass is 9.96. The van der Waals surface area contributed by atoms with Crippen molar-refractivity contribution in [1.82, 2.24) is 9.97 Å². The van der Waals surface area contributed by atoms with Crippen LogP contribution in [0.5, 0.6) is 0 Å². The topological polar surface area (TPSA) is 68.8 Å². The lowest BCUT2D eigenvalue weighted by molar-refractivity contribution is -0.109. The maximum atomic E-state index is 13.6. The number of aldehydes is 1. The standard InChI is InChI=1S/C23H20N2O2S/c1-16-11-13-18(14-12-16)28(27)22(19(15-26)17-7-3-2-4-8-17)23-24-20-9-5-6-10-21(20)25-23/h2-15,19,22H,1H3,(H,24,25). The minimum absolute atomic E-state index is 0.557. The van der Waals surface area contributed by atoms with Crippen LogP contribution < -0.4 is 0 Å². The molecule has 0 radical (unpaired) electrons. The van der Waals surface area contributed by atoms with Crippen LogP contribution in [0.4, 0.5) is 0 Å². The molecule has 5 heteroatoms. The minimum Gasteiger partial charge on any atom is -0.611 e. The third-order valence-electron chi connectivity index (χ3n) is 4.82. The number of hydrogen-bond acceptors (Lipinski definition) is 3. The molecule has 0 bridgehead atoms. The summed E-state index contributed by atoms with van der Waals surface area (Å²) in [5.74, 6) is -0.0232. The van der Waals surface area contributed by atoms with E-state index in [4.69, 9.17) is 0 Å². The number of imidazole rings is 1. The van der Waals surface area contributed by atoms with E-state index in [1.807, 2.05) is 85.8 Å². The molecule has 3 aromatic carbocycles. The zero-order valence-electron chi connectivity index (χ0n) is 15.4. The van der Waals surface area contributed by atoms with Crippen molar-refractivity contribution < 1.29 is 9.35 Å². The first-order valence-electron chi connectivity index (χ1n) is 9.09. The van der Waals surface area contributed by atoms with Gasteiger partial charge >= 0.3 is 0 Å². The maximum absolute atomic E-state index is 13.6. The first-order chi connectivity index (χ1) is 13.7. The van der Waals surface area contributed by atoms with Crippen molar-refractivity contribution in [3.63, 3.8) is 0 Å². The van der Waals surface area contributed by atoms with Gasteiger partial charge in [0.15, 0.2) is 16.0 Å². The van der Waals surface area contributed by atoms with Crippen molar-refractivity contribution in [2.24, 2.45) is 0 Å². The van der Waals surface area contributed by atoms with Gasteiger partial charge in [-0.2, -0.15) is 0 Å². The number of nitrogens with zero attached hydrogens (tertiary/aromatic N) is 1. The van der Waals surface area contributed by atoms with Gasteiger partial charge in [0.25, 0.3) is 0 Å². The van der Waals surface area contributed by atoms with Gasteiger partial charge in [-0.25, -0.2) is 4.98 Å². The third-order valence-corrected chi connectivity index (χ3v) is 6.53. The molecule has 4 nitrogen and oxygen atoms in total. The molecule has 1 aromatic heterocycles. The van der Waals surface area contributed by atoms with Crippen molar-refractivity contribution in [1.29, 1.82) is 0 Å². The molecule has 1 N–H and O–H groups in total. The van der Waals surface area contributed by atoms with Gasteiger partial charge in [-0.05, 0) is 47.9 Å². The fourth-order valence-electron chi connectivity index (χ4n) is 3.33. The van der Waals surface area contributed by atoms with Crippen LogP contribution >= 0.6 is 0 Å². The van der Waals surface area contributed by atoms with E-state index in [1.165, 1.54) is 0 Å². The monoisotopic (exact) mass is 388 g/mol. The van der Waals surface area contributed by atoms with Crippen molar-refractivity contribution >= 4 is 28.5 Å². The Labute approximate surface area is 166 Å². The molecule has 0 spiro atoms. The Hall–Kier alpha value is -2.89. The quantitative estimate of drug-likeness (QED) is 0.384. The van der Waals surface area contributed by atoms with Crippen LogP contribution in [-0.4, -0.2) is 20.8 Å². The Bertz CT molecular complexity index is 1040. The second-order valence-electron chi connectivity index (χ2n) is 6.74. The summed E-state index contributed by atoms with van der Waals surface area (Å²) in [4.78, 5) is 20.8. The van der Waals surface area contributed by atoms with E-state index >= 15 is 0 Å². The summed E-state index contributed by atoms with van der Waals surface area (Å²) < 4.78 is 13.6. The number of benzene rings is 3. The molecule has 0 aliphatic heterocycles. The highest BCUT2D eigenvalue weighted by atomic mass is 32.2. The molecular formula is C23H20N2O2S. The molecule has 28 heavy (non-hydrogen) atoms. The van der Waals surface area contributed by atoms with E-state index in [2.05, 4.69) is 9.97 Å². The SMILES string of the molecule is Cc1ccc([S+]([O-])C(c2nc3ccccc3[nH]2)C(C=O)c2ccccc2)cc1. The lowest BCUT2D eigenvalue weighted by Gasteiger charge is -2.24. The summed E-state index contributed by atoms with van der Waals surface area (Å²) in [5, 5.41) is -0.616. The highest BCUT2D eigenvalue weighted by Crippen LogP contribution is 2.39. The molecule has 0 fully saturated rings. The van der Waals surface area contributed by atoms with Gasteiger partial charge in [0.2, 0.25) is 0 Å². The Morgan fingerprint density at radius 2 is 1.64 bits per heavy atom. The van der Waals surface area contributed by atoms with E-state index < -0.39 is 22.3 Å². The molecule has 3 atom stereocenters. The summed E-state index contributed by atoms with van der Waals surface area (Å²) in [5.41, 5.74) is 3.57. The first kappa shape index (κ1) is 18.5. The maximum Gasteiger partial charge on any atom is 0.191 e. The zero-order valence-corrected chi connectivity index (χ0v) is 16.2. The molecule has 0 aliphatic carbocycles. The van der Waals surface area contributed by atoms with Crippen LogP contribution in [0.3, 0.4) is 0 Å². The van der Waals surface area contributed by atoms with Crippen molar-refractivity contribution in [2.45, 2.75) is 23.0 Å². The summed E-state index contributed by atoms with van der Waals surface area (Å²) in [6.45, 7) is 1.99. The van der Waals surface area contributed by atoms with Crippen LogP contribution in [0.1, 0.15) is 28.1 Å². The van der Waals surface area contributed by atoms with Crippen LogP contribution in [0.2, 0.25) is 0 Å². The molecule has 140 valence electrons. The molecule has 4 aromatic rings. The smallest absolute Gasteiger partial charge is 0.191 e. The van der Waals surface area contributed by atoms with Gasteiger partial charge in [-0.1, -0.05) is 60.2 Å².